The van der Waals surface area contributed by atoms with E-state index in [4.69, 9.17) is 5.73 Å². The van der Waals surface area contributed by atoms with Gasteiger partial charge in [-0.1, -0.05) is 12.1 Å². The molecule has 5 heteroatoms. The van der Waals surface area contributed by atoms with Crippen molar-refractivity contribution in [3.63, 3.8) is 0 Å². The van der Waals surface area contributed by atoms with Crippen LogP contribution in [0.5, 0.6) is 0 Å². The number of piperidine rings is 1. The molecule has 104 valence electrons. The Morgan fingerprint density at radius 3 is 3.00 bits per heavy atom. The third kappa shape index (κ3) is 2.63. The Morgan fingerprint density at radius 2 is 2.25 bits per heavy atom. The molecule has 1 saturated heterocycles. The fourth-order valence-electron chi connectivity index (χ4n) is 2.68. The first-order chi connectivity index (χ1) is 9.74. The molecular weight excluding hydrogens is 255 g/mol. The summed E-state index contributed by atoms with van der Waals surface area (Å²) >= 11 is 0. The van der Waals surface area contributed by atoms with Crippen molar-refractivity contribution in [3.05, 3.63) is 42.0 Å². The van der Waals surface area contributed by atoms with E-state index < -0.39 is 0 Å². The van der Waals surface area contributed by atoms with Crippen molar-refractivity contribution in [1.82, 2.24) is 15.3 Å². The van der Waals surface area contributed by atoms with E-state index in [2.05, 4.69) is 15.3 Å². The molecular formula is C15H17FN4. The number of anilines is 1. The molecule has 4 nitrogen and oxygen atoms in total. The van der Waals surface area contributed by atoms with Crippen molar-refractivity contribution in [3.8, 4) is 11.1 Å². The molecule has 1 atom stereocenters. The second-order valence-corrected chi connectivity index (χ2v) is 5.08. The summed E-state index contributed by atoms with van der Waals surface area (Å²) in [5.74, 6) is 0.310. The van der Waals surface area contributed by atoms with Crippen LogP contribution in [0.2, 0.25) is 0 Å². The van der Waals surface area contributed by atoms with E-state index in [9.17, 15) is 4.39 Å². The van der Waals surface area contributed by atoms with Gasteiger partial charge in [-0.3, -0.25) is 0 Å². The second kappa shape index (κ2) is 5.54. The van der Waals surface area contributed by atoms with Crippen LogP contribution < -0.4 is 11.1 Å². The lowest BCUT2D eigenvalue weighted by Gasteiger charge is -2.24. The largest absolute Gasteiger partial charge is 0.368 e. The summed E-state index contributed by atoms with van der Waals surface area (Å²) < 4.78 is 13.4. The Balaban J connectivity index is 2.05. The highest BCUT2D eigenvalue weighted by Gasteiger charge is 2.21. The Kier molecular flexibility index (Phi) is 3.60. The van der Waals surface area contributed by atoms with E-state index >= 15 is 0 Å². The van der Waals surface area contributed by atoms with Gasteiger partial charge in [0.25, 0.3) is 0 Å². The molecule has 2 heterocycles. The number of hydrogen-bond donors (Lipinski definition) is 2. The minimum absolute atomic E-state index is 0.257. The minimum atomic E-state index is -0.257. The molecule has 1 fully saturated rings. The van der Waals surface area contributed by atoms with E-state index in [1.807, 2.05) is 6.07 Å². The molecule has 1 aromatic heterocycles. The van der Waals surface area contributed by atoms with Gasteiger partial charge in [0.15, 0.2) is 0 Å². The van der Waals surface area contributed by atoms with Crippen LogP contribution in [-0.2, 0) is 0 Å². The number of rotatable bonds is 2. The van der Waals surface area contributed by atoms with Crippen LogP contribution >= 0.6 is 0 Å². The van der Waals surface area contributed by atoms with Gasteiger partial charge in [-0.2, -0.15) is 0 Å². The monoisotopic (exact) mass is 272 g/mol. The number of nitrogen functional groups attached to an aromatic ring is 1. The summed E-state index contributed by atoms with van der Waals surface area (Å²) in [6.07, 6.45) is 3.87. The zero-order valence-corrected chi connectivity index (χ0v) is 11.1. The van der Waals surface area contributed by atoms with Gasteiger partial charge in [0.05, 0.1) is 5.69 Å². The van der Waals surface area contributed by atoms with Crippen molar-refractivity contribution in [2.24, 2.45) is 0 Å². The van der Waals surface area contributed by atoms with Crippen LogP contribution in [0.3, 0.4) is 0 Å². The highest BCUT2D eigenvalue weighted by atomic mass is 19.1. The van der Waals surface area contributed by atoms with Gasteiger partial charge in [0.1, 0.15) is 5.82 Å². The number of halogens is 1. The van der Waals surface area contributed by atoms with E-state index in [-0.39, 0.29) is 11.8 Å². The Bertz CT molecular complexity index is 609. The summed E-state index contributed by atoms with van der Waals surface area (Å²) in [6, 6.07) is 6.51. The summed E-state index contributed by atoms with van der Waals surface area (Å²) in [4.78, 5) is 8.47. The summed E-state index contributed by atoms with van der Waals surface area (Å²) in [5, 5.41) is 3.37. The molecule has 1 aliphatic rings. The Hall–Kier alpha value is -2.01. The van der Waals surface area contributed by atoms with Crippen LogP contribution in [-0.4, -0.2) is 23.1 Å². The van der Waals surface area contributed by atoms with Crippen molar-refractivity contribution in [2.45, 2.75) is 18.8 Å². The maximum Gasteiger partial charge on any atom is 0.220 e. The SMILES string of the molecule is Nc1ncc(-c2cccc(F)c2)c([C@@H]2CCCNC2)n1. The molecule has 0 bridgehead atoms. The van der Waals surface area contributed by atoms with Gasteiger partial charge < -0.3 is 11.1 Å². The minimum Gasteiger partial charge on any atom is -0.368 e. The smallest absolute Gasteiger partial charge is 0.220 e. The maximum atomic E-state index is 13.4. The summed E-state index contributed by atoms with van der Waals surface area (Å²) in [6.45, 7) is 1.91. The first-order valence-electron chi connectivity index (χ1n) is 6.83. The number of aromatic nitrogens is 2. The molecule has 0 radical (unpaired) electrons. The molecule has 3 rings (SSSR count). The Morgan fingerprint density at radius 1 is 1.35 bits per heavy atom. The van der Waals surface area contributed by atoms with Gasteiger partial charge in [-0.05, 0) is 37.1 Å². The van der Waals surface area contributed by atoms with Crippen LogP contribution in [0.15, 0.2) is 30.5 Å². The van der Waals surface area contributed by atoms with E-state index in [0.717, 1.165) is 42.8 Å². The molecule has 20 heavy (non-hydrogen) atoms. The van der Waals surface area contributed by atoms with Crippen molar-refractivity contribution in [1.29, 1.82) is 0 Å². The number of hydrogen-bond acceptors (Lipinski definition) is 4. The fourth-order valence-corrected chi connectivity index (χ4v) is 2.68. The fraction of sp³-hybridized carbons (Fsp3) is 0.333. The molecule has 0 aliphatic carbocycles. The predicted octanol–water partition coefficient (Wildman–Crippen LogP) is 2.33. The number of nitrogens with two attached hydrogens (primary N) is 1. The third-order valence-electron chi connectivity index (χ3n) is 3.66. The third-order valence-corrected chi connectivity index (χ3v) is 3.66. The second-order valence-electron chi connectivity index (χ2n) is 5.08. The van der Waals surface area contributed by atoms with E-state index in [1.54, 1.807) is 12.3 Å². The van der Waals surface area contributed by atoms with E-state index in [0.29, 0.717) is 5.92 Å². The van der Waals surface area contributed by atoms with Crippen LogP contribution in [0, 0.1) is 5.82 Å². The van der Waals surface area contributed by atoms with Gasteiger partial charge in [-0.15, -0.1) is 0 Å². The molecule has 3 N–H and O–H groups in total. The zero-order chi connectivity index (χ0) is 13.9. The van der Waals surface area contributed by atoms with Gasteiger partial charge in [-0.25, -0.2) is 14.4 Å². The maximum absolute atomic E-state index is 13.4. The van der Waals surface area contributed by atoms with Crippen molar-refractivity contribution in [2.75, 3.05) is 18.8 Å². The molecule has 0 amide bonds. The van der Waals surface area contributed by atoms with Gasteiger partial charge in [0.2, 0.25) is 5.95 Å². The summed E-state index contributed by atoms with van der Waals surface area (Å²) in [7, 11) is 0. The lowest BCUT2D eigenvalue weighted by molar-refractivity contribution is 0.455. The highest BCUT2D eigenvalue weighted by molar-refractivity contribution is 5.66. The van der Waals surface area contributed by atoms with E-state index in [1.165, 1.54) is 12.1 Å². The quantitative estimate of drug-likeness (QED) is 0.880. The lowest BCUT2D eigenvalue weighted by Crippen LogP contribution is -2.29. The van der Waals surface area contributed by atoms with Crippen LogP contribution in [0.25, 0.3) is 11.1 Å². The van der Waals surface area contributed by atoms with Crippen LogP contribution in [0.1, 0.15) is 24.5 Å². The molecule has 1 aliphatic heterocycles. The van der Waals surface area contributed by atoms with Crippen LogP contribution in [0.4, 0.5) is 10.3 Å². The lowest BCUT2D eigenvalue weighted by atomic mass is 9.91. The first kappa shape index (κ1) is 13.0. The standard InChI is InChI=1S/C15H17FN4/c16-12-5-1-3-10(7-12)13-9-19-15(17)20-14(13)11-4-2-6-18-8-11/h1,3,5,7,9,11,18H,2,4,6,8H2,(H2,17,19,20)/t11-/m1/s1. The normalized spacial score (nSPS) is 18.9. The highest BCUT2D eigenvalue weighted by Crippen LogP contribution is 2.31. The molecule has 0 unspecified atom stereocenters. The average Bonchev–Trinajstić information content (AvgIpc) is 2.48. The predicted molar refractivity (Wildman–Crippen MR) is 76.7 cm³/mol. The zero-order valence-electron chi connectivity index (χ0n) is 11.1. The first-order valence-corrected chi connectivity index (χ1v) is 6.83. The molecule has 1 aromatic carbocycles. The number of benzene rings is 1. The van der Waals surface area contributed by atoms with Crippen molar-refractivity contribution < 1.29 is 4.39 Å². The van der Waals surface area contributed by atoms with Gasteiger partial charge in [0, 0.05) is 24.2 Å². The van der Waals surface area contributed by atoms with Crippen molar-refractivity contribution >= 4 is 5.95 Å². The molecule has 2 aromatic rings. The van der Waals surface area contributed by atoms with Gasteiger partial charge >= 0.3 is 0 Å². The number of nitrogens with zero attached hydrogens (tertiary/aromatic N) is 2. The Labute approximate surface area is 117 Å². The number of nitrogens with one attached hydrogen (secondary N) is 1. The average molecular weight is 272 g/mol. The topological polar surface area (TPSA) is 63.8 Å². The molecule has 0 saturated carbocycles. The summed E-state index contributed by atoms with van der Waals surface area (Å²) in [5.41, 5.74) is 8.30. The molecule has 0 spiro atoms.